The zero-order valence-corrected chi connectivity index (χ0v) is 14.0. The number of carbonyl (C=O) groups excluding carboxylic acids is 1. The third-order valence-corrected chi connectivity index (χ3v) is 4.09. The molecule has 0 unspecified atom stereocenters. The number of piperidine rings is 1. The summed E-state index contributed by atoms with van der Waals surface area (Å²) < 4.78 is 10.6. The van der Waals surface area contributed by atoms with E-state index >= 15 is 0 Å². The molecule has 23 heavy (non-hydrogen) atoms. The maximum Gasteiger partial charge on any atom is 0.222 e. The van der Waals surface area contributed by atoms with Crippen LogP contribution in [0.25, 0.3) is 0 Å². The second kappa shape index (κ2) is 8.46. The number of nitrogens with zero attached hydrogens (tertiary/aromatic N) is 1. The van der Waals surface area contributed by atoms with E-state index in [1.807, 2.05) is 23.1 Å². The number of ether oxygens (including phenoxy) is 2. The van der Waals surface area contributed by atoms with Gasteiger partial charge >= 0.3 is 0 Å². The minimum atomic E-state index is 0.212. The Morgan fingerprint density at radius 3 is 2.87 bits per heavy atom. The summed E-state index contributed by atoms with van der Waals surface area (Å²) in [6, 6.07) is 6.04. The van der Waals surface area contributed by atoms with Crippen LogP contribution in [0.1, 0.15) is 25.7 Å². The quantitative estimate of drug-likeness (QED) is 0.785. The SMILES string of the molecule is C=CCCC(=O)N1CCC[C@H](Nc2ccc(OC)c(OC)c2)C1. The number of nitrogens with one attached hydrogen (secondary N) is 1. The lowest BCUT2D eigenvalue weighted by atomic mass is 10.0. The molecule has 1 fully saturated rings. The maximum absolute atomic E-state index is 12.2. The molecular formula is C18H26N2O3. The summed E-state index contributed by atoms with van der Waals surface area (Å²) in [6.07, 6.45) is 5.15. The van der Waals surface area contributed by atoms with Gasteiger partial charge in [0.15, 0.2) is 11.5 Å². The number of allylic oxidation sites excluding steroid dienone is 1. The summed E-state index contributed by atoms with van der Waals surface area (Å²) in [5, 5.41) is 3.50. The monoisotopic (exact) mass is 318 g/mol. The van der Waals surface area contributed by atoms with Gasteiger partial charge in [-0.25, -0.2) is 0 Å². The van der Waals surface area contributed by atoms with Gasteiger partial charge in [0.05, 0.1) is 14.2 Å². The number of rotatable bonds is 7. The normalized spacial score (nSPS) is 17.5. The number of amides is 1. The second-order valence-corrected chi connectivity index (χ2v) is 5.72. The fourth-order valence-corrected chi connectivity index (χ4v) is 2.87. The van der Waals surface area contributed by atoms with Gasteiger partial charge in [-0.3, -0.25) is 4.79 Å². The molecule has 0 aliphatic carbocycles. The Morgan fingerprint density at radius 1 is 1.39 bits per heavy atom. The van der Waals surface area contributed by atoms with Crippen molar-refractivity contribution in [1.29, 1.82) is 0 Å². The van der Waals surface area contributed by atoms with Gasteiger partial charge in [-0.1, -0.05) is 6.08 Å². The van der Waals surface area contributed by atoms with Crippen LogP contribution in [-0.2, 0) is 4.79 Å². The van der Waals surface area contributed by atoms with Crippen LogP contribution in [0.4, 0.5) is 5.69 Å². The van der Waals surface area contributed by atoms with Crippen molar-refractivity contribution >= 4 is 11.6 Å². The highest BCUT2D eigenvalue weighted by molar-refractivity contribution is 5.76. The molecule has 1 aliphatic heterocycles. The van der Waals surface area contributed by atoms with E-state index in [0.717, 1.165) is 38.0 Å². The number of likely N-dealkylation sites (tertiary alicyclic amines) is 1. The fraction of sp³-hybridized carbons (Fsp3) is 0.500. The first-order chi connectivity index (χ1) is 11.2. The van der Waals surface area contributed by atoms with Crippen LogP contribution in [0.3, 0.4) is 0 Å². The number of benzene rings is 1. The maximum atomic E-state index is 12.2. The molecule has 5 heteroatoms. The van der Waals surface area contributed by atoms with Crippen molar-refractivity contribution in [2.24, 2.45) is 0 Å². The molecule has 1 aromatic carbocycles. The van der Waals surface area contributed by atoms with Crippen molar-refractivity contribution in [2.75, 3.05) is 32.6 Å². The van der Waals surface area contributed by atoms with E-state index in [9.17, 15) is 4.79 Å². The van der Waals surface area contributed by atoms with E-state index in [1.165, 1.54) is 0 Å². The van der Waals surface area contributed by atoms with E-state index in [2.05, 4.69) is 11.9 Å². The topological polar surface area (TPSA) is 50.8 Å². The molecule has 1 saturated heterocycles. The first kappa shape index (κ1) is 17.2. The Labute approximate surface area is 138 Å². The number of hydrogen-bond acceptors (Lipinski definition) is 4. The molecule has 0 bridgehead atoms. The van der Waals surface area contributed by atoms with Crippen LogP contribution in [-0.4, -0.2) is 44.2 Å². The molecule has 126 valence electrons. The first-order valence-electron chi connectivity index (χ1n) is 8.05. The van der Waals surface area contributed by atoms with E-state index in [0.29, 0.717) is 17.9 Å². The lowest BCUT2D eigenvalue weighted by Gasteiger charge is -2.34. The minimum absolute atomic E-state index is 0.212. The van der Waals surface area contributed by atoms with Crippen LogP contribution >= 0.6 is 0 Å². The second-order valence-electron chi connectivity index (χ2n) is 5.72. The van der Waals surface area contributed by atoms with Gasteiger partial charge in [-0.05, 0) is 31.4 Å². The summed E-state index contributed by atoms with van der Waals surface area (Å²) in [7, 11) is 3.25. The molecule has 0 aromatic heterocycles. The van der Waals surface area contributed by atoms with E-state index in [4.69, 9.17) is 9.47 Å². The number of methoxy groups -OCH3 is 2. The highest BCUT2D eigenvalue weighted by Crippen LogP contribution is 2.30. The molecule has 1 aliphatic rings. The van der Waals surface area contributed by atoms with Crippen LogP contribution < -0.4 is 14.8 Å². The van der Waals surface area contributed by atoms with Gasteiger partial charge in [0.2, 0.25) is 5.91 Å². The third-order valence-electron chi connectivity index (χ3n) is 4.09. The van der Waals surface area contributed by atoms with Gasteiger partial charge in [0.25, 0.3) is 0 Å². The molecule has 1 atom stereocenters. The zero-order valence-electron chi connectivity index (χ0n) is 14.0. The summed E-state index contributed by atoms with van der Waals surface area (Å²) in [5.41, 5.74) is 0.980. The molecule has 5 nitrogen and oxygen atoms in total. The van der Waals surface area contributed by atoms with Gasteiger partial charge in [-0.2, -0.15) is 0 Å². The smallest absolute Gasteiger partial charge is 0.222 e. The number of anilines is 1. The first-order valence-corrected chi connectivity index (χ1v) is 8.05. The average molecular weight is 318 g/mol. The lowest BCUT2D eigenvalue weighted by Crippen LogP contribution is -2.45. The standard InChI is InChI=1S/C18H26N2O3/c1-4-5-8-18(21)20-11-6-7-15(13-20)19-14-9-10-16(22-2)17(12-14)23-3/h4,9-10,12,15,19H,1,5-8,11,13H2,2-3H3/t15-/m0/s1. The molecule has 0 spiro atoms. The highest BCUT2D eigenvalue weighted by atomic mass is 16.5. The molecule has 2 rings (SSSR count). The van der Waals surface area contributed by atoms with Gasteiger partial charge < -0.3 is 19.7 Å². The lowest BCUT2D eigenvalue weighted by molar-refractivity contribution is -0.132. The van der Waals surface area contributed by atoms with E-state index < -0.39 is 0 Å². The Morgan fingerprint density at radius 2 is 2.17 bits per heavy atom. The zero-order chi connectivity index (χ0) is 16.7. The average Bonchev–Trinajstić information content (AvgIpc) is 2.59. The van der Waals surface area contributed by atoms with Crippen molar-refractivity contribution in [3.05, 3.63) is 30.9 Å². The van der Waals surface area contributed by atoms with E-state index in [1.54, 1.807) is 20.3 Å². The Hall–Kier alpha value is -2.17. The Balaban J connectivity index is 1.97. The Kier molecular flexibility index (Phi) is 6.32. The van der Waals surface area contributed by atoms with Gasteiger partial charge in [0, 0.05) is 37.3 Å². The van der Waals surface area contributed by atoms with Crippen molar-refractivity contribution < 1.29 is 14.3 Å². The van der Waals surface area contributed by atoms with Crippen molar-refractivity contribution in [3.63, 3.8) is 0 Å². The number of hydrogen-bond donors (Lipinski definition) is 1. The largest absolute Gasteiger partial charge is 0.493 e. The van der Waals surface area contributed by atoms with Crippen LogP contribution in [0.2, 0.25) is 0 Å². The van der Waals surface area contributed by atoms with Crippen LogP contribution in [0, 0.1) is 0 Å². The molecule has 1 N–H and O–H groups in total. The molecule has 1 aromatic rings. The fourth-order valence-electron chi connectivity index (χ4n) is 2.87. The minimum Gasteiger partial charge on any atom is -0.493 e. The van der Waals surface area contributed by atoms with E-state index in [-0.39, 0.29) is 11.9 Å². The molecule has 0 radical (unpaired) electrons. The summed E-state index contributed by atoms with van der Waals surface area (Å²) >= 11 is 0. The van der Waals surface area contributed by atoms with Crippen molar-refractivity contribution in [3.8, 4) is 11.5 Å². The predicted octanol–water partition coefficient (Wildman–Crippen LogP) is 3.07. The Bertz CT molecular complexity index is 545. The van der Waals surface area contributed by atoms with Crippen LogP contribution in [0.15, 0.2) is 30.9 Å². The molecule has 0 saturated carbocycles. The third kappa shape index (κ3) is 4.65. The van der Waals surface area contributed by atoms with Crippen molar-refractivity contribution in [2.45, 2.75) is 31.7 Å². The summed E-state index contributed by atoms with van der Waals surface area (Å²) in [5.74, 6) is 1.62. The van der Waals surface area contributed by atoms with Crippen LogP contribution in [0.5, 0.6) is 11.5 Å². The number of carbonyl (C=O) groups is 1. The molecule has 1 amide bonds. The summed E-state index contributed by atoms with van der Waals surface area (Å²) in [6.45, 7) is 5.26. The van der Waals surface area contributed by atoms with Gasteiger partial charge in [-0.15, -0.1) is 6.58 Å². The van der Waals surface area contributed by atoms with Gasteiger partial charge in [0.1, 0.15) is 0 Å². The highest BCUT2D eigenvalue weighted by Gasteiger charge is 2.23. The predicted molar refractivity (Wildman–Crippen MR) is 92.2 cm³/mol. The van der Waals surface area contributed by atoms with Crippen molar-refractivity contribution in [1.82, 2.24) is 4.90 Å². The molecular weight excluding hydrogens is 292 g/mol. The molecule has 1 heterocycles. The summed E-state index contributed by atoms with van der Waals surface area (Å²) in [4.78, 5) is 14.1.